The fourth-order valence-corrected chi connectivity index (χ4v) is 1.51. The molecule has 0 bridgehead atoms. The molecule has 86 valence electrons. The lowest BCUT2D eigenvalue weighted by Gasteiger charge is -2.30. The molecule has 0 aliphatic carbocycles. The van der Waals surface area contributed by atoms with E-state index in [2.05, 4.69) is 5.32 Å². The average molecular weight is 213 g/mol. The maximum Gasteiger partial charge on any atom is 0.239 e. The van der Waals surface area contributed by atoms with Crippen LogP contribution in [0.2, 0.25) is 0 Å². The van der Waals surface area contributed by atoms with Gasteiger partial charge in [-0.25, -0.2) is 0 Å². The van der Waals surface area contributed by atoms with Crippen molar-refractivity contribution in [3.05, 3.63) is 0 Å². The summed E-state index contributed by atoms with van der Waals surface area (Å²) < 4.78 is 0. The van der Waals surface area contributed by atoms with Gasteiger partial charge < -0.3 is 16.0 Å². The number of rotatable bonds is 3. The van der Waals surface area contributed by atoms with Crippen LogP contribution in [0.15, 0.2) is 0 Å². The Morgan fingerprint density at radius 2 is 2.13 bits per heavy atom. The van der Waals surface area contributed by atoms with Crippen LogP contribution in [0.1, 0.15) is 20.3 Å². The van der Waals surface area contributed by atoms with Gasteiger partial charge in [-0.1, -0.05) is 13.8 Å². The van der Waals surface area contributed by atoms with Crippen molar-refractivity contribution >= 4 is 11.8 Å². The number of nitrogens with one attached hydrogen (secondary N) is 1. The summed E-state index contributed by atoms with van der Waals surface area (Å²) in [5.74, 6) is -0.0662. The van der Waals surface area contributed by atoms with E-state index in [0.717, 1.165) is 0 Å². The second-order valence-electron chi connectivity index (χ2n) is 4.72. The van der Waals surface area contributed by atoms with Crippen molar-refractivity contribution < 1.29 is 9.59 Å². The van der Waals surface area contributed by atoms with Crippen LogP contribution >= 0.6 is 0 Å². The highest BCUT2D eigenvalue weighted by molar-refractivity contribution is 5.87. The van der Waals surface area contributed by atoms with Gasteiger partial charge in [-0.05, 0) is 12.0 Å². The summed E-state index contributed by atoms with van der Waals surface area (Å²) in [6, 6.07) is 0. The first-order valence-corrected chi connectivity index (χ1v) is 5.19. The number of carbonyl (C=O) groups is 2. The smallest absolute Gasteiger partial charge is 0.239 e. The van der Waals surface area contributed by atoms with Crippen LogP contribution < -0.4 is 11.1 Å². The Hall–Kier alpha value is -1.10. The van der Waals surface area contributed by atoms with E-state index in [9.17, 15) is 9.59 Å². The number of nitrogens with two attached hydrogens (primary N) is 1. The molecule has 3 N–H and O–H groups in total. The van der Waals surface area contributed by atoms with Crippen LogP contribution in [0, 0.1) is 5.41 Å². The van der Waals surface area contributed by atoms with Crippen molar-refractivity contribution in [2.75, 3.05) is 26.2 Å². The van der Waals surface area contributed by atoms with Gasteiger partial charge in [0.1, 0.15) is 0 Å². The summed E-state index contributed by atoms with van der Waals surface area (Å²) >= 11 is 0. The quantitative estimate of drug-likeness (QED) is 0.652. The molecule has 0 aromatic heterocycles. The molecule has 5 nitrogen and oxygen atoms in total. The lowest BCUT2D eigenvalue weighted by atomic mass is 9.93. The number of hydrogen-bond acceptors (Lipinski definition) is 3. The number of amides is 2. The molecule has 0 atom stereocenters. The monoisotopic (exact) mass is 213 g/mol. The van der Waals surface area contributed by atoms with E-state index in [-0.39, 0.29) is 23.8 Å². The van der Waals surface area contributed by atoms with E-state index in [1.807, 2.05) is 13.8 Å². The Kier molecular flexibility index (Phi) is 3.68. The zero-order valence-electron chi connectivity index (χ0n) is 9.38. The highest BCUT2D eigenvalue weighted by Crippen LogP contribution is 2.15. The van der Waals surface area contributed by atoms with E-state index in [4.69, 9.17) is 5.73 Å². The largest absolute Gasteiger partial charge is 0.354 e. The molecule has 1 saturated heterocycles. The third-order valence-corrected chi connectivity index (χ3v) is 2.52. The molecule has 1 aliphatic rings. The molecule has 1 aliphatic heterocycles. The van der Waals surface area contributed by atoms with Gasteiger partial charge in [0.05, 0.1) is 6.54 Å². The van der Waals surface area contributed by atoms with Crippen molar-refractivity contribution in [1.29, 1.82) is 0 Å². The summed E-state index contributed by atoms with van der Waals surface area (Å²) in [7, 11) is 0. The molecule has 1 rings (SSSR count). The second-order valence-corrected chi connectivity index (χ2v) is 4.72. The van der Waals surface area contributed by atoms with Crippen molar-refractivity contribution in [2.24, 2.45) is 11.1 Å². The van der Waals surface area contributed by atoms with Gasteiger partial charge in [0, 0.05) is 19.5 Å². The van der Waals surface area contributed by atoms with Crippen molar-refractivity contribution in [2.45, 2.75) is 20.3 Å². The third-order valence-electron chi connectivity index (χ3n) is 2.52. The van der Waals surface area contributed by atoms with E-state index in [0.29, 0.717) is 26.1 Å². The predicted octanol–water partition coefficient (Wildman–Crippen LogP) is -0.680. The molecule has 15 heavy (non-hydrogen) atoms. The average Bonchev–Trinajstić information content (AvgIpc) is 2.29. The third kappa shape index (κ3) is 3.51. The molecule has 0 saturated carbocycles. The van der Waals surface area contributed by atoms with Crippen LogP contribution in [0.25, 0.3) is 0 Å². The van der Waals surface area contributed by atoms with Crippen LogP contribution in [-0.2, 0) is 9.59 Å². The second kappa shape index (κ2) is 4.61. The maximum atomic E-state index is 11.6. The summed E-state index contributed by atoms with van der Waals surface area (Å²) in [6.07, 6.45) is 0.381. The maximum absolute atomic E-state index is 11.6. The molecular formula is C10H19N3O2. The molecule has 1 fully saturated rings. The molecule has 0 aromatic rings. The minimum Gasteiger partial charge on any atom is -0.354 e. The normalized spacial score (nSPS) is 18.7. The van der Waals surface area contributed by atoms with Gasteiger partial charge >= 0.3 is 0 Å². The van der Waals surface area contributed by atoms with Crippen molar-refractivity contribution in [3.63, 3.8) is 0 Å². The highest BCUT2D eigenvalue weighted by Gasteiger charge is 2.26. The van der Waals surface area contributed by atoms with Gasteiger partial charge in [-0.2, -0.15) is 0 Å². The van der Waals surface area contributed by atoms with Gasteiger partial charge in [0.25, 0.3) is 0 Å². The summed E-state index contributed by atoms with van der Waals surface area (Å²) in [5, 5.41) is 2.68. The fourth-order valence-electron chi connectivity index (χ4n) is 1.51. The minimum atomic E-state index is -0.139. The first-order valence-electron chi connectivity index (χ1n) is 5.19. The fraction of sp³-hybridized carbons (Fsp3) is 0.800. The van der Waals surface area contributed by atoms with Crippen molar-refractivity contribution in [1.82, 2.24) is 10.2 Å². The van der Waals surface area contributed by atoms with Crippen LogP contribution in [0.4, 0.5) is 0 Å². The zero-order valence-corrected chi connectivity index (χ0v) is 9.38. The Balaban J connectivity index is 2.65. The molecule has 0 radical (unpaired) electrons. The lowest BCUT2D eigenvalue weighted by Crippen LogP contribution is -2.44. The SMILES string of the molecule is CC(C)(CN)CN1CC(=O)NCCC1=O. The molecule has 0 unspecified atom stereocenters. The first-order chi connectivity index (χ1) is 6.94. The topological polar surface area (TPSA) is 75.4 Å². The molecule has 1 heterocycles. The van der Waals surface area contributed by atoms with E-state index < -0.39 is 0 Å². The van der Waals surface area contributed by atoms with Gasteiger partial charge in [-0.3, -0.25) is 9.59 Å². The molecular weight excluding hydrogens is 194 g/mol. The number of nitrogens with zero attached hydrogens (tertiary/aromatic N) is 1. The Bertz CT molecular complexity index is 263. The zero-order chi connectivity index (χ0) is 11.5. The Morgan fingerprint density at radius 1 is 1.47 bits per heavy atom. The minimum absolute atomic E-state index is 0.0230. The lowest BCUT2D eigenvalue weighted by molar-refractivity contribution is -0.134. The predicted molar refractivity (Wildman–Crippen MR) is 57.0 cm³/mol. The van der Waals surface area contributed by atoms with Crippen LogP contribution in [0.5, 0.6) is 0 Å². The standard InChI is InChI=1S/C10H19N3O2/c1-10(2,6-11)7-13-5-8(14)12-4-3-9(13)15/h3-7,11H2,1-2H3,(H,12,14). The molecule has 0 aromatic carbocycles. The first kappa shape index (κ1) is 12.0. The molecule has 0 spiro atoms. The summed E-state index contributed by atoms with van der Waals surface area (Å²) in [5.41, 5.74) is 5.47. The summed E-state index contributed by atoms with van der Waals surface area (Å²) in [4.78, 5) is 24.5. The summed E-state index contributed by atoms with van der Waals surface area (Å²) in [6.45, 7) is 5.61. The van der Waals surface area contributed by atoms with Gasteiger partial charge in [0.15, 0.2) is 0 Å². The van der Waals surface area contributed by atoms with Crippen LogP contribution in [0.3, 0.4) is 0 Å². The van der Waals surface area contributed by atoms with E-state index in [1.165, 1.54) is 0 Å². The van der Waals surface area contributed by atoms with Gasteiger partial charge in [-0.15, -0.1) is 0 Å². The molecule has 2 amide bonds. The number of carbonyl (C=O) groups excluding carboxylic acids is 2. The Morgan fingerprint density at radius 3 is 2.73 bits per heavy atom. The molecule has 5 heteroatoms. The highest BCUT2D eigenvalue weighted by atomic mass is 16.2. The van der Waals surface area contributed by atoms with Crippen molar-refractivity contribution in [3.8, 4) is 0 Å². The van der Waals surface area contributed by atoms with E-state index >= 15 is 0 Å². The van der Waals surface area contributed by atoms with E-state index in [1.54, 1.807) is 4.90 Å². The number of hydrogen-bond donors (Lipinski definition) is 2. The van der Waals surface area contributed by atoms with Crippen LogP contribution in [-0.4, -0.2) is 42.9 Å². The Labute approximate surface area is 90.0 Å². The van der Waals surface area contributed by atoms with Gasteiger partial charge in [0.2, 0.25) is 11.8 Å².